The van der Waals surface area contributed by atoms with Crippen molar-refractivity contribution in [3.05, 3.63) is 33.3 Å². The van der Waals surface area contributed by atoms with Crippen molar-refractivity contribution in [1.82, 2.24) is 4.90 Å². The molecule has 0 saturated heterocycles. The minimum absolute atomic E-state index is 0.0437. The maximum Gasteiger partial charge on any atom is 0.0615 e. The van der Waals surface area contributed by atoms with Crippen LogP contribution in [0.4, 0.5) is 0 Å². The Morgan fingerprint density at radius 1 is 1.47 bits per heavy atom. The van der Waals surface area contributed by atoms with E-state index in [1.165, 1.54) is 0 Å². The van der Waals surface area contributed by atoms with E-state index in [4.69, 9.17) is 22.1 Å². The molecule has 1 aromatic rings. The average molecular weight is 350 g/mol. The highest BCUT2D eigenvalue weighted by Gasteiger charge is 2.14. The van der Waals surface area contributed by atoms with Crippen molar-refractivity contribution in [3.63, 3.8) is 0 Å². The number of hydrogen-bond donors (Lipinski definition) is 1. The van der Waals surface area contributed by atoms with E-state index in [-0.39, 0.29) is 6.04 Å². The van der Waals surface area contributed by atoms with Gasteiger partial charge in [-0.05, 0) is 38.1 Å². The van der Waals surface area contributed by atoms with Crippen LogP contribution in [0.5, 0.6) is 0 Å². The Bertz CT molecular complexity index is 403. The molecular formula is C14H22BrClN2O. The van der Waals surface area contributed by atoms with Crippen molar-refractivity contribution >= 4 is 27.5 Å². The summed E-state index contributed by atoms with van der Waals surface area (Å²) in [5.41, 5.74) is 7.21. The van der Waals surface area contributed by atoms with E-state index in [0.717, 1.165) is 34.6 Å². The van der Waals surface area contributed by atoms with Crippen molar-refractivity contribution in [2.75, 3.05) is 27.3 Å². The molecule has 0 bridgehead atoms. The molecule has 2 unspecified atom stereocenters. The quantitative estimate of drug-likeness (QED) is 0.819. The Labute approximate surface area is 129 Å². The number of hydrogen-bond acceptors (Lipinski definition) is 3. The van der Waals surface area contributed by atoms with Crippen LogP contribution in [0.15, 0.2) is 22.7 Å². The third-order valence-corrected chi connectivity index (χ3v) is 4.14. The van der Waals surface area contributed by atoms with Crippen molar-refractivity contribution < 1.29 is 4.74 Å². The predicted octanol–water partition coefficient (Wildman–Crippen LogP) is 3.46. The predicted molar refractivity (Wildman–Crippen MR) is 84.7 cm³/mol. The van der Waals surface area contributed by atoms with E-state index < -0.39 is 0 Å². The van der Waals surface area contributed by atoms with E-state index in [0.29, 0.717) is 6.04 Å². The molecule has 0 amide bonds. The first-order valence-electron chi connectivity index (χ1n) is 6.35. The molecule has 1 rings (SSSR count). The summed E-state index contributed by atoms with van der Waals surface area (Å²) in [6.45, 7) is 3.78. The van der Waals surface area contributed by atoms with E-state index in [1.54, 1.807) is 7.11 Å². The summed E-state index contributed by atoms with van der Waals surface area (Å²) < 4.78 is 6.12. The first-order chi connectivity index (χ1) is 8.95. The number of likely N-dealkylation sites (N-methyl/N-ethyl adjacent to an activating group) is 1. The normalized spacial score (nSPS) is 14.7. The molecule has 0 aliphatic carbocycles. The standard InChI is InChI=1S/C14H22BrClN2O/c1-10(9-19-3)18(2)7-6-14(17)12-5-4-11(15)8-13(12)16/h4-5,8,10,14H,6-7,9,17H2,1-3H3. The van der Waals surface area contributed by atoms with Gasteiger partial charge < -0.3 is 15.4 Å². The molecule has 3 nitrogen and oxygen atoms in total. The van der Waals surface area contributed by atoms with Gasteiger partial charge >= 0.3 is 0 Å². The highest BCUT2D eigenvalue weighted by Crippen LogP contribution is 2.27. The number of methoxy groups -OCH3 is 1. The SMILES string of the molecule is COCC(C)N(C)CCC(N)c1ccc(Br)cc1Cl. The molecule has 0 aliphatic heterocycles. The fourth-order valence-corrected chi connectivity index (χ4v) is 2.70. The van der Waals surface area contributed by atoms with Crippen LogP contribution in [0.3, 0.4) is 0 Å². The van der Waals surface area contributed by atoms with Crippen molar-refractivity contribution in [1.29, 1.82) is 0 Å². The maximum atomic E-state index is 6.21. The summed E-state index contributed by atoms with van der Waals surface area (Å²) in [5.74, 6) is 0. The van der Waals surface area contributed by atoms with E-state index in [9.17, 15) is 0 Å². The van der Waals surface area contributed by atoms with Gasteiger partial charge in [0, 0.05) is 35.2 Å². The zero-order chi connectivity index (χ0) is 14.4. The molecule has 0 saturated carbocycles. The zero-order valence-electron chi connectivity index (χ0n) is 11.7. The highest BCUT2D eigenvalue weighted by molar-refractivity contribution is 9.10. The van der Waals surface area contributed by atoms with Crippen LogP contribution >= 0.6 is 27.5 Å². The lowest BCUT2D eigenvalue weighted by Gasteiger charge is -2.25. The molecule has 108 valence electrons. The van der Waals surface area contributed by atoms with Crippen molar-refractivity contribution in [2.45, 2.75) is 25.4 Å². The number of nitrogens with zero attached hydrogens (tertiary/aromatic N) is 1. The van der Waals surface area contributed by atoms with Gasteiger partial charge in [0.15, 0.2) is 0 Å². The molecule has 1 aromatic carbocycles. The van der Waals surface area contributed by atoms with Gasteiger partial charge in [0.2, 0.25) is 0 Å². The molecule has 2 atom stereocenters. The average Bonchev–Trinajstić information content (AvgIpc) is 2.35. The molecule has 2 N–H and O–H groups in total. The van der Waals surface area contributed by atoms with Crippen LogP contribution < -0.4 is 5.73 Å². The van der Waals surface area contributed by atoms with Crippen LogP contribution in [0.25, 0.3) is 0 Å². The summed E-state index contributed by atoms with van der Waals surface area (Å²) in [4.78, 5) is 2.25. The van der Waals surface area contributed by atoms with Crippen LogP contribution in [0.1, 0.15) is 24.9 Å². The number of nitrogens with two attached hydrogens (primary N) is 1. The van der Waals surface area contributed by atoms with Gasteiger partial charge in [-0.25, -0.2) is 0 Å². The minimum atomic E-state index is -0.0437. The van der Waals surface area contributed by atoms with Gasteiger partial charge in [-0.2, -0.15) is 0 Å². The van der Waals surface area contributed by atoms with E-state index in [2.05, 4.69) is 34.8 Å². The second kappa shape index (κ2) is 8.22. The molecule has 0 fully saturated rings. The zero-order valence-corrected chi connectivity index (χ0v) is 14.0. The van der Waals surface area contributed by atoms with Crippen molar-refractivity contribution in [2.24, 2.45) is 5.73 Å². The van der Waals surface area contributed by atoms with Crippen LogP contribution in [0.2, 0.25) is 5.02 Å². The fourth-order valence-electron chi connectivity index (χ4n) is 1.89. The summed E-state index contributed by atoms with van der Waals surface area (Å²) in [6, 6.07) is 6.18. The second-order valence-electron chi connectivity index (χ2n) is 4.85. The highest BCUT2D eigenvalue weighted by atomic mass is 79.9. The van der Waals surface area contributed by atoms with Gasteiger partial charge in [0.05, 0.1) is 6.61 Å². The van der Waals surface area contributed by atoms with Gasteiger partial charge in [0.25, 0.3) is 0 Å². The van der Waals surface area contributed by atoms with Gasteiger partial charge in [-0.3, -0.25) is 0 Å². The van der Waals surface area contributed by atoms with E-state index >= 15 is 0 Å². The minimum Gasteiger partial charge on any atom is -0.383 e. The number of rotatable bonds is 7. The molecule has 0 radical (unpaired) electrons. The summed E-state index contributed by atoms with van der Waals surface area (Å²) in [6.07, 6.45) is 0.867. The molecule has 0 aliphatic rings. The molecule has 0 aromatic heterocycles. The maximum absolute atomic E-state index is 6.21. The van der Waals surface area contributed by atoms with Crippen molar-refractivity contribution in [3.8, 4) is 0 Å². The van der Waals surface area contributed by atoms with Gasteiger partial charge in [-0.15, -0.1) is 0 Å². The monoisotopic (exact) mass is 348 g/mol. The van der Waals surface area contributed by atoms with Crippen LogP contribution in [-0.4, -0.2) is 38.3 Å². The second-order valence-corrected chi connectivity index (χ2v) is 6.17. The Balaban J connectivity index is 2.53. The smallest absolute Gasteiger partial charge is 0.0615 e. The Kier molecular flexibility index (Phi) is 7.32. The third kappa shape index (κ3) is 5.40. The van der Waals surface area contributed by atoms with E-state index in [1.807, 2.05) is 18.2 Å². The topological polar surface area (TPSA) is 38.5 Å². The first kappa shape index (κ1) is 16.9. The number of halogens is 2. The Morgan fingerprint density at radius 3 is 2.74 bits per heavy atom. The largest absolute Gasteiger partial charge is 0.383 e. The molecule has 5 heteroatoms. The number of benzene rings is 1. The molecule has 0 heterocycles. The lowest BCUT2D eigenvalue weighted by atomic mass is 10.0. The molecule has 19 heavy (non-hydrogen) atoms. The summed E-state index contributed by atoms with van der Waals surface area (Å²) in [5, 5.41) is 0.717. The fraction of sp³-hybridized carbons (Fsp3) is 0.571. The molecular weight excluding hydrogens is 328 g/mol. The van der Waals surface area contributed by atoms with Crippen LogP contribution in [0, 0.1) is 0 Å². The van der Waals surface area contributed by atoms with Crippen LogP contribution in [-0.2, 0) is 4.74 Å². The number of ether oxygens (including phenoxy) is 1. The third-order valence-electron chi connectivity index (χ3n) is 3.32. The lowest BCUT2D eigenvalue weighted by Crippen LogP contribution is -2.34. The first-order valence-corrected chi connectivity index (χ1v) is 7.52. The summed E-state index contributed by atoms with van der Waals surface area (Å²) >= 11 is 9.60. The Morgan fingerprint density at radius 2 is 2.16 bits per heavy atom. The molecule has 0 spiro atoms. The summed E-state index contributed by atoms with van der Waals surface area (Å²) in [7, 11) is 3.80. The van der Waals surface area contributed by atoms with Gasteiger partial charge in [0.1, 0.15) is 0 Å². The lowest BCUT2D eigenvalue weighted by molar-refractivity contribution is 0.114. The Hall–Kier alpha value is -0.130. The van der Waals surface area contributed by atoms with Gasteiger partial charge in [-0.1, -0.05) is 33.6 Å².